The van der Waals surface area contributed by atoms with E-state index in [4.69, 9.17) is 54.2 Å². The molecule has 5 aliphatic rings. The highest BCUT2D eigenvalue weighted by molar-refractivity contribution is 7.54. The molecule has 1 aromatic rings. The number of hydrogen-bond acceptors (Lipinski definition) is 17. The van der Waals surface area contributed by atoms with Gasteiger partial charge < -0.3 is 58.9 Å². The van der Waals surface area contributed by atoms with Crippen LogP contribution in [0.5, 0.6) is 6.01 Å². The minimum atomic E-state index is -3.61. The lowest BCUT2D eigenvalue weighted by Crippen LogP contribution is -2.51. The van der Waals surface area contributed by atoms with Crippen molar-refractivity contribution in [3.05, 3.63) is 0 Å². The first-order chi connectivity index (χ1) is 31.5. The number of primary amides is 1. The van der Waals surface area contributed by atoms with Gasteiger partial charge in [-0.3, -0.25) is 13.9 Å². The fraction of sp³-hybridized carbons (Fsp3) is 0.821. The van der Waals surface area contributed by atoms with Gasteiger partial charge in [0.25, 0.3) is 0 Å². The maximum absolute atomic E-state index is 14.6. The maximum atomic E-state index is 14.6. The van der Waals surface area contributed by atoms with E-state index in [1.165, 1.54) is 9.57 Å². The number of likely N-dealkylation sites (N-methyl/N-ethyl adjacent to an activating group) is 1. The lowest BCUT2D eigenvalue weighted by atomic mass is 9.98. The van der Waals surface area contributed by atoms with Crippen molar-refractivity contribution in [2.45, 2.75) is 49.9 Å². The molecule has 4 N–H and O–H groups in total. The SMILES string of the molecule is [B]C1CNCC(COP(=O)(N(C)C)N2CC([B])OC(COP(=O)(N(C)C)N3CCN(c4nc(OCCOCCNC(=O)OCC5[C@H]6CCC#CCC[C@@H]56)nc(N(C)CC(N)=O)n4)CC3)C2)O1. The summed E-state index contributed by atoms with van der Waals surface area (Å²) >= 11 is 0. The van der Waals surface area contributed by atoms with Gasteiger partial charge in [-0.1, -0.05) is 0 Å². The number of ether oxygens (including phenoxy) is 5. The Hall–Kier alpha value is -3.10. The van der Waals surface area contributed by atoms with Crippen molar-refractivity contribution in [3.63, 3.8) is 0 Å². The van der Waals surface area contributed by atoms with Crippen molar-refractivity contribution in [2.24, 2.45) is 23.5 Å². The summed E-state index contributed by atoms with van der Waals surface area (Å²) < 4.78 is 76.5. The van der Waals surface area contributed by atoms with Gasteiger partial charge in [-0.05, 0) is 58.8 Å². The van der Waals surface area contributed by atoms with Crippen LogP contribution in [-0.4, -0.2) is 226 Å². The molecule has 1 aromatic heterocycles. The quantitative estimate of drug-likeness (QED) is 0.0544. The second kappa shape index (κ2) is 24.4. The second-order valence-electron chi connectivity index (χ2n) is 17.3. The molecule has 0 aromatic carbocycles. The Morgan fingerprint density at radius 2 is 1.48 bits per heavy atom. The highest BCUT2D eigenvalue weighted by Gasteiger charge is 2.49. The average Bonchev–Trinajstić information content (AvgIpc) is 3.93. The van der Waals surface area contributed by atoms with Crippen LogP contribution in [0.4, 0.5) is 16.7 Å². The Balaban J connectivity index is 0.974. The standard InChI is InChI=1S/C39H66B2N12O11P2/c1-48(2)65(56,62-26-29-22-53(23-34(41)64-29)66(57,49(3)4)61-25-28-20-43-21-33(40)63-28)52-15-13-51(14-16-52)37-45-36(50(5)24-35(42)54)46-38(47-37)59-19-18-58-17-12-44-39(55)60-27-32-30-10-8-6-7-9-11-31(30)32/h28-34,43H,8-27H2,1-5H3,(H2,42,54)(H,44,55)/t28?,29?,30-,31+,32?,33?,34?,65?,66?. The predicted molar refractivity (Wildman–Crippen MR) is 246 cm³/mol. The van der Waals surface area contributed by atoms with Crippen molar-refractivity contribution in [2.75, 3.05) is 150 Å². The third-order valence-corrected chi connectivity index (χ3v) is 17.1. The molecule has 0 bridgehead atoms. The largest absolute Gasteiger partial charge is 0.461 e. The van der Waals surface area contributed by atoms with Crippen molar-refractivity contribution in [3.8, 4) is 17.9 Å². The first-order valence-corrected chi connectivity index (χ1v) is 25.6. The number of aromatic nitrogens is 3. The number of carbonyl (C=O) groups is 2. The van der Waals surface area contributed by atoms with Gasteiger partial charge in [0.05, 0.1) is 51.8 Å². The van der Waals surface area contributed by atoms with Crippen LogP contribution in [0.25, 0.3) is 0 Å². The van der Waals surface area contributed by atoms with Crippen LogP contribution in [0.2, 0.25) is 0 Å². The highest BCUT2D eigenvalue weighted by Crippen LogP contribution is 2.56. The first-order valence-electron chi connectivity index (χ1n) is 22.5. The molecule has 6 rings (SSSR count). The normalized spacial score (nSPS) is 27.9. The second-order valence-corrected chi connectivity index (χ2v) is 22.5. The summed E-state index contributed by atoms with van der Waals surface area (Å²) in [5.41, 5.74) is 5.47. The van der Waals surface area contributed by atoms with Crippen LogP contribution >= 0.6 is 15.3 Å². The zero-order valence-corrected chi connectivity index (χ0v) is 40.6. The molecular formula is C39H66B2N12O11P2. The van der Waals surface area contributed by atoms with Gasteiger partial charge in [0.2, 0.25) is 17.8 Å². The van der Waals surface area contributed by atoms with Crippen molar-refractivity contribution in [1.82, 2.24) is 44.3 Å². The molecular weight excluding hydrogens is 896 g/mol. The van der Waals surface area contributed by atoms with Gasteiger partial charge in [0.1, 0.15) is 22.3 Å². The van der Waals surface area contributed by atoms with E-state index in [1.54, 1.807) is 49.2 Å². The van der Waals surface area contributed by atoms with Gasteiger partial charge in [0.15, 0.2) is 0 Å². The van der Waals surface area contributed by atoms with Crippen LogP contribution in [0.15, 0.2) is 0 Å². The van der Waals surface area contributed by atoms with Gasteiger partial charge in [-0.15, -0.1) is 11.8 Å². The summed E-state index contributed by atoms with van der Waals surface area (Å²) in [6, 6.07) is -1.29. The number of anilines is 2. The number of nitrogens with one attached hydrogen (secondary N) is 2. The number of nitrogens with two attached hydrogens (primary N) is 1. The maximum Gasteiger partial charge on any atom is 0.407 e. The number of alkyl carbamates (subject to hydrolysis) is 1. The summed E-state index contributed by atoms with van der Waals surface area (Å²) in [4.78, 5) is 41.0. The topological polar surface area (TPSA) is 241 Å². The van der Waals surface area contributed by atoms with Crippen LogP contribution in [0.3, 0.4) is 0 Å². The Bertz CT molecular complexity index is 1920. The number of hydrogen-bond donors (Lipinski definition) is 3. The summed E-state index contributed by atoms with van der Waals surface area (Å²) in [6.07, 6.45) is 2.43. The van der Waals surface area contributed by atoms with E-state index in [0.29, 0.717) is 63.6 Å². The van der Waals surface area contributed by atoms with E-state index in [2.05, 4.69) is 37.4 Å². The molecule has 23 nitrogen and oxygen atoms in total. The van der Waals surface area contributed by atoms with Gasteiger partial charge in [0, 0.05) is 90.8 Å². The molecule has 4 fully saturated rings. The van der Waals surface area contributed by atoms with Crippen molar-refractivity contribution < 1.29 is 51.5 Å². The molecule has 3 aliphatic heterocycles. The molecule has 4 radical (unpaired) electrons. The van der Waals surface area contributed by atoms with Crippen LogP contribution in [0, 0.1) is 29.6 Å². The Labute approximate surface area is 391 Å². The van der Waals surface area contributed by atoms with E-state index >= 15 is 0 Å². The predicted octanol–water partition coefficient (Wildman–Crippen LogP) is -0.473. The summed E-state index contributed by atoms with van der Waals surface area (Å²) in [7, 11) is 13.3. The molecule has 66 heavy (non-hydrogen) atoms. The Kier molecular flexibility index (Phi) is 19.4. The molecule has 1 saturated carbocycles. The summed E-state index contributed by atoms with van der Waals surface area (Å²) in [5, 5.41) is 5.90. The minimum Gasteiger partial charge on any atom is -0.461 e. The first kappa shape index (κ1) is 52.3. The third kappa shape index (κ3) is 14.5. The summed E-state index contributed by atoms with van der Waals surface area (Å²) in [5.74, 6) is 7.88. The lowest BCUT2D eigenvalue weighted by Gasteiger charge is -2.44. The number of rotatable bonds is 23. The number of carbonyl (C=O) groups excluding carboxylic acids is 2. The fourth-order valence-corrected chi connectivity index (χ4v) is 12.4. The third-order valence-electron chi connectivity index (χ3n) is 11.9. The Morgan fingerprint density at radius 3 is 2.14 bits per heavy atom. The number of piperazine rings is 1. The zero-order chi connectivity index (χ0) is 47.4. The average molecular weight is 963 g/mol. The summed E-state index contributed by atoms with van der Waals surface area (Å²) in [6.45, 7) is 3.59. The molecule has 3 saturated heterocycles. The van der Waals surface area contributed by atoms with Crippen molar-refractivity contribution >= 4 is 54.9 Å². The van der Waals surface area contributed by atoms with E-state index in [1.807, 2.05) is 4.90 Å². The fourth-order valence-electron chi connectivity index (χ4n) is 8.43. The molecule has 2 aliphatic carbocycles. The number of fused-ring (bicyclic) bond motifs is 1. The Morgan fingerprint density at radius 1 is 0.833 bits per heavy atom. The molecule has 364 valence electrons. The van der Waals surface area contributed by atoms with Crippen LogP contribution in [-0.2, 0) is 41.9 Å². The molecule has 2 amide bonds. The molecule has 7 unspecified atom stereocenters. The van der Waals surface area contributed by atoms with E-state index in [9.17, 15) is 18.7 Å². The smallest absolute Gasteiger partial charge is 0.407 e. The number of amides is 2. The van der Waals surface area contributed by atoms with Gasteiger partial charge in [-0.25, -0.2) is 23.5 Å². The highest BCUT2D eigenvalue weighted by atomic mass is 31.2. The van der Waals surface area contributed by atoms with Crippen LogP contribution < -0.4 is 30.9 Å². The number of morpholine rings is 2. The van der Waals surface area contributed by atoms with Crippen molar-refractivity contribution in [1.29, 1.82) is 0 Å². The van der Waals surface area contributed by atoms with Crippen LogP contribution in [0.1, 0.15) is 25.7 Å². The molecule has 4 heterocycles. The molecule has 0 spiro atoms. The number of nitrogens with zero attached hydrogens (tertiary/aromatic N) is 9. The molecule has 27 heteroatoms. The zero-order valence-electron chi connectivity index (χ0n) is 38.8. The van der Waals surface area contributed by atoms with E-state index in [0.717, 1.165) is 25.7 Å². The van der Waals surface area contributed by atoms with Gasteiger partial charge in [-0.2, -0.15) is 15.0 Å². The minimum absolute atomic E-state index is 0.00688. The molecule has 9 atom stereocenters. The van der Waals surface area contributed by atoms with E-state index in [-0.39, 0.29) is 83.2 Å². The monoisotopic (exact) mass is 962 g/mol. The van der Waals surface area contributed by atoms with Gasteiger partial charge >= 0.3 is 27.4 Å². The lowest BCUT2D eigenvalue weighted by molar-refractivity contribution is -0.116. The van der Waals surface area contributed by atoms with E-state index < -0.39 is 45.5 Å².